The van der Waals surface area contributed by atoms with Gasteiger partial charge in [0.2, 0.25) is 5.95 Å². The van der Waals surface area contributed by atoms with Crippen LogP contribution in [0.3, 0.4) is 0 Å². The van der Waals surface area contributed by atoms with E-state index in [1.54, 1.807) is 32.4 Å². The summed E-state index contributed by atoms with van der Waals surface area (Å²) in [6.45, 7) is 0.818. The van der Waals surface area contributed by atoms with Gasteiger partial charge in [-0.2, -0.15) is 18.2 Å². The molecule has 0 spiro atoms. The Kier molecular flexibility index (Phi) is 10.6. The number of aliphatic carboxylic acids is 1. The summed E-state index contributed by atoms with van der Waals surface area (Å²) in [6, 6.07) is 13.5. The number of nitrogens with zero attached hydrogens (tertiary/aromatic N) is 3. The number of ether oxygens (including phenoxy) is 2. The fourth-order valence-electron chi connectivity index (χ4n) is 4.43. The van der Waals surface area contributed by atoms with Crippen LogP contribution in [0.1, 0.15) is 36.0 Å². The second-order valence-electron chi connectivity index (χ2n) is 9.76. The van der Waals surface area contributed by atoms with Gasteiger partial charge < -0.3 is 30.1 Å². The van der Waals surface area contributed by atoms with E-state index in [-0.39, 0.29) is 11.9 Å². The molecule has 0 bridgehead atoms. The van der Waals surface area contributed by atoms with E-state index in [9.17, 15) is 18.0 Å². The molecule has 1 saturated carbocycles. The average molecular weight is 578 g/mol. The standard InChI is InChI=1S/C26H33N5O3.C2HF3O2/c1-31(2)24-22-7-5-6-8-23(22)29-26(30-24)27-16-17-9-11-19(12-10-17)28-25(32)18-13-20(33-3)15-21(14-18)34-4;3-2(4,5)1(6)7/h5-8,13-15,17,19H,9-12,16H2,1-4H3,(H,28,32)(H,27,29,30);(H,6,7). The van der Waals surface area contributed by atoms with Crippen LogP contribution in [0.5, 0.6) is 11.5 Å². The minimum Gasteiger partial charge on any atom is -0.497 e. The summed E-state index contributed by atoms with van der Waals surface area (Å²) in [6.07, 6.45) is -1.12. The van der Waals surface area contributed by atoms with Crippen LogP contribution in [0.15, 0.2) is 42.5 Å². The monoisotopic (exact) mass is 577 g/mol. The number of alkyl halides is 3. The molecule has 1 aliphatic rings. The van der Waals surface area contributed by atoms with Crippen molar-refractivity contribution in [1.29, 1.82) is 0 Å². The molecule has 0 aliphatic heterocycles. The number of hydrogen-bond donors (Lipinski definition) is 3. The Morgan fingerprint density at radius 3 is 2.12 bits per heavy atom. The molecule has 13 heteroatoms. The minimum atomic E-state index is -5.08. The van der Waals surface area contributed by atoms with E-state index in [0.29, 0.717) is 28.9 Å². The van der Waals surface area contributed by atoms with Crippen LogP contribution in [0.2, 0.25) is 0 Å². The van der Waals surface area contributed by atoms with Crippen molar-refractivity contribution in [2.75, 3.05) is 45.1 Å². The number of nitrogens with one attached hydrogen (secondary N) is 2. The number of rotatable bonds is 8. The van der Waals surface area contributed by atoms with Crippen molar-refractivity contribution in [2.24, 2.45) is 5.92 Å². The zero-order valence-electron chi connectivity index (χ0n) is 23.3. The number of hydrogen-bond acceptors (Lipinski definition) is 8. The van der Waals surface area contributed by atoms with Crippen LogP contribution in [0.4, 0.5) is 24.9 Å². The lowest BCUT2D eigenvalue weighted by Gasteiger charge is -2.29. The zero-order valence-corrected chi connectivity index (χ0v) is 23.3. The van der Waals surface area contributed by atoms with Gasteiger partial charge in [-0.25, -0.2) is 9.78 Å². The van der Waals surface area contributed by atoms with E-state index >= 15 is 0 Å². The molecule has 0 atom stereocenters. The number of carbonyl (C=O) groups is 2. The van der Waals surface area contributed by atoms with Crippen LogP contribution in [-0.4, -0.2) is 74.0 Å². The van der Waals surface area contributed by atoms with Crippen LogP contribution < -0.4 is 25.0 Å². The number of carbonyl (C=O) groups excluding carboxylic acids is 1. The van der Waals surface area contributed by atoms with E-state index in [2.05, 4.69) is 10.6 Å². The topological polar surface area (TPSA) is 126 Å². The molecular formula is C28H34F3N5O5. The van der Waals surface area contributed by atoms with Crippen molar-refractivity contribution in [3.63, 3.8) is 0 Å². The fourth-order valence-corrected chi connectivity index (χ4v) is 4.43. The summed E-state index contributed by atoms with van der Waals surface area (Å²) in [7, 11) is 7.15. The molecule has 0 radical (unpaired) electrons. The van der Waals surface area contributed by atoms with Gasteiger partial charge in [0.15, 0.2) is 0 Å². The summed E-state index contributed by atoms with van der Waals surface area (Å²) in [5.41, 5.74) is 1.48. The van der Waals surface area contributed by atoms with E-state index < -0.39 is 12.1 Å². The number of carboxylic acid groups (broad SMARTS) is 1. The van der Waals surface area contributed by atoms with Gasteiger partial charge in [0.05, 0.1) is 19.7 Å². The third kappa shape index (κ3) is 8.85. The molecule has 1 aromatic heterocycles. The first-order valence-electron chi connectivity index (χ1n) is 12.9. The number of para-hydroxylation sites is 1. The van der Waals surface area contributed by atoms with Gasteiger partial charge in [-0.05, 0) is 55.9 Å². The second-order valence-corrected chi connectivity index (χ2v) is 9.76. The normalized spacial score (nSPS) is 16.7. The number of carboxylic acids is 1. The highest BCUT2D eigenvalue weighted by atomic mass is 19.4. The number of benzene rings is 2. The quantitative estimate of drug-likeness (QED) is 0.348. The summed E-state index contributed by atoms with van der Waals surface area (Å²) < 4.78 is 42.3. The maximum Gasteiger partial charge on any atom is 0.490 e. The second kappa shape index (κ2) is 13.9. The predicted octanol–water partition coefficient (Wildman–Crippen LogP) is 4.75. The molecule has 1 heterocycles. The number of fused-ring (bicyclic) bond motifs is 1. The van der Waals surface area contributed by atoms with Crippen LogP contribution in [0, 0.1) is 5.92 Å². The summed E-state index contributed by atoms with van der Waals surface area (Å²) in [5.74, 6) is 0.439. The molecule has 1 fully saturated rings. The first-order valence-corrected chi connectivity index (χ1v) is 12.9. The van der Waals surface area contributed by atoms with Crippen molar-refractivity contribution in [2.45, 2.75) is 37.9 Å². The highest BCUT2D eigenvalue weighted by Gasteiger charge is 2.38. The molecule has 1 aliphatic carbocycles. The maximum atomic E-state index is 12.8. The first-order chi connectivity index (χ1) is 19.4. The lowest BCUT2D eigenvalue weighted by Crippen LogP contribution is -2.38. The van der Waals surface area contributed by atoms with Gasteiger partial charge >= 0.3 is 12.1 Å². The van der Waals surface area contributed by atoms with Crippen molar-refractivity contribution >= 4 is 34.5 Å². The van der Waals surface area contributed by atoms with E-state index in [1.807, 2.05) is 43.3 Å². The van der Waals surface area contributed by atoms with Crippen LogP contribution >= 0.6 is 0 Å². The van der Waals surface area contributed by atoms with E-state index in [0.717, 1.165) is 48.9 Å². The number of amides is 1. The third-order valence-electron chi connectivity index (χ3n) is 6.59. The van der Waals surface area contributed by atoms with Gasteiger partial charge in [-0.15, -0.1) is 0 Å². The van der Waals surface area contributed by atoms with Crippen LogP contribution in [0.25, 0.3) is 10.9 Å². The predicted molar refractivity (Wildman–Crippen MR) is 149 cm³/mol. The highest BCUT2D eigenvalue weighted by molar-refractivity contribution is 5.95. The molecule has 1 amide bonds. The Bertz CT molecular complexity index is 1320. The number of methoxy groups -OCH3 is 2. The Labute approximate surface area is 235 Å². The Balaban J connectivity index is 0.000000587. The maximum absolute atomic E-state index is 12.8. The lowest BCUT2D eigenvalue weighted by atomic mass is 9.86. The molecule has 3 aromatic rings. The number of aromatic nitrogens is 2. The summed E-state index contributed by atoms with van der Waals surface area (Å²) >= 11 is 0. The molecule has 0 saturated heterocycles. The molecule has 2 aromatic carbocycles. The molecule has 10 nitrogen and oxygen atoms in total. The smallest absolute Gasteiger partial charge is 0.490 e. The number of halogens is 3. The average Bonchev–Trinajstić information content (AvgIpc) is 2.95. The van der Waals surface area contributed by atoms with Crippen molar-refractivity contribution < 1.29 is 37.3 Å². The van der Waals surface area contributed by atoms with Gasteiger partial charge in [0, 0.05) is 43.7 Å². The molecule has 3 N–H and O–H groups in total. The Morgan fingerprint density at radius 2 is 1.59 bits per heavy atom. The zero-order chi connectivity index (χ0) is 30.2. The minimum absolute atomic E-state index is 0.0976. The summed E-state index contributed by atoms with van der Waals surface area (Å²) in [5, 5.41) is 14.8. The molecule has 4 rings (SSSR count). The SMILES string of the molecule is COc1cc(OC)cc(C(=O)NC2CCC(CNc3nc(N(C)C)c4ccccc4n3)CC2)c1.O=C(O)C(F)(F)F. The fraction of sp³-hybridized carbons (Fsp3) is 0.429. The molecular weight excluding hydrogens is 543 g/mol. The Morgan fingerprint density at radius 1 is 1.00 bits per heavy atom. The van der Waals surface area contributed by atoms with Crippen molar-refractivity contribution in [1.82, 2.24) is 15.3 Å². The van der Waals surface area contributed by atoms with Crippen LogP contribution in [-0.2, 0) is 4.79 Å². The van der Waals surface area contributed by atoms with E-state index in [4.69, 9.17) is 29.3 Å². The van der Waals surface area contributed by atoms with Crippen molar-refractivity contribution in [3.8, 4) is 11.5 Å². The van der Waals surface area contributed by atoms with Gasteiger partial charge in [0.25, 0.3) is 5.91 Å². The largest absolute Gasteiger partial charge is 0.497 e. The third-order valence-corrected chi connectivity index (χ3v) is 6.59. The molecule has 0 unspecified atom stereocenters. The van der Waals surface area contributed by atoms with Gasteiger partial charge in [0.1, 0.15) is 17.3 Å². The first kappa shape index (κ1) is 31.2. The summed E-state index contributed by atoms with van der Waals surface area (Å²) in [4.78, 5) is 33.1. The lowest BCUT2D eigenvalue weighted by molar-refractivity contribution is -0.192. The highest BCUT2D eigenvalue weighted by Crippen LogP contribution is 2.28. The van der Waals surface area contributed by atoms with E-state index in [1.165, 1.54) is 0 Å². The van der Waals surface area contributed by atoms with Crippen molar-refractivity contribution in [3.05, 3.63) is 48.0 Å². The van der Waals surface area contributed by atoms with Gasteiger partial charge in [-0.3, -0.25) is 4.79 Å². The molecule has 222 valence electrons. The Hall–Kier alpha value is -4.29. The number of anilines is 2. The van der Waals surface area contributed by atoms with Gasteiger partial charge in [-0.1, -0.05) is 12.1 Å². The molecule has 41 heavy (non-hydrogen) atoms.